The van der Waals surface area contributed by atoms with Crippen molar-refractivity contribution in [1.82, 2.24) is 24.1 Å². The summed E-state index contributed by atoms with van der Waals surface area (Å²) in [6, 6.07) is 11.1. The third kappa shape index (κ3) is 3.84. The maximum Gasteiger partial charge on any atom is 0.348 e. The van der Waals surface area contributed by atoms with Crippen LogP contribution in [0.2, 0.25) is 0 Å². The van der Waals surface area contributed by atoms with Gasteiger partial charge in [0.15, 0.2) is 0 Å². The molecule has 0 aliphatic rings. The van der Waals surface area contributed by atoms with E-state index >= 15 is 0 Å². The molecular formula is C22H20FN5O2. The van der Waals surface area contributed by atoms with Crippen molar-refractivity contribution in [2.45, 2.75) is 26.9 Å². The van der Waals surface area contributed by atoms with E-state index in [1.54, 1.807) is 42.2 Å². The van der Waals surface area contributed by atoms with Crippen LogP contribution in [0.5, 0.6) is 0 Å². The van der Waals surface area contributed by atoms with Crippen LogP contribution >= 0.6 is 0 Å². The molecule has 4 aromatic rings. The van der Waals surface area contributed by atoms with Crippen molar-refractivity contribution in [3.8, 4) is 22.5 Å². The molecule has 152 valence electrons. The molecule has 8 heteroatoms. The van der Waals surface area contributed by atoms with Gasteiger partial charge >= 0.3 is 5.69 Å². The van der Waals surface area contributed by atoms with Gasteiger partial charge in [0.25, 0.3) is 0 Å². The Labute approximate surface area is 171 Å². The van der Waals surface area contributed by atoms with Gasteiger partial charge in [0.2, 0.25) is 5.56 Å². The van der Waals surface area contributed by atoms with Crippen molar-refractivity contribution in [3.63, 3.8) is 0 Å². The molecule has 1 N–H and O–H groups in total. The van der Waals surface area contributed by atoms with E-state index in [-0.39, 0.29) is 17.1 Å². The van der Waals surface area contributed by atoms with Crippen LogP contribution in [0.1, 0.15) is 11.4 Å². The van der Waals surface area contributed by atoms with Gasteiger partial charge < -0.3 is 9.55 Å². The molecule has 1 aromatic carbocycles. The van der Waals surface area contributed by atoms with Gasteiger partial charge in [0.1, 0.15) is 5.82 Å². The van der Waals surface area contributed by atoms with Crippen LogP contribution in [0, 0.1) is 19.7 Å². The van der Waals surface area contributed by atoms with Crippen molar-refractivity contribution in [2.75, 3.05) is 0 Å². The standard InChI is InChI=1S/C22H20FN5O2/c1-14-11-15(2)28(22(30)26-14)10-9-27-13-25-20(16-3-6-18(23)7-4-16)21(27)17-5-8-19(29)24-12-17/h3-8,11-13H,9-10H2,1-2H3,(H,24,29). The lowest BCUT2D eigenvalue weighted by Gasteiger charge is -2.13. The SMILES string of the molecule is Cc1cc(C)n(CCn2cnc(-c3ccc(F)cc3)c2-c2ccc(=O)[nH]c2)c(=O)n1. The van der Waals surface area contributed by atoms with E-state index in [4.69, 9.17) is 0 Å². The van der Waals surface area contributed by atoms with Crippen LogP contribution < -0.4 is 11.2 Å². The van der Waals surface area contributed by atoms with E-state index in [1.165, 1.54) is 18.2 Å². The van der Waals surface area contributed by atoms with E-state index < -0.39 is 0 Å². The summed E-state index contributed by atoms with van der Waals surface area (Å²) in [5.41, 5.74) is 3.95. The van der Waals surface area contributed by atoms with Crippen LogP contribution in [-0.2, 0) is 13.1 Å². The second kappa shape index (κ2) is 7.90. The molecular weight excluding hydrogens is 385 g/mol. The minimum Gasteiger partial charge on any atom is -0.328 e. The van der Waals surface area contributed by atoms with E-state index in [2.05, 4.69) is 15.0 Å². The molecule has 0 atom stereocenters. The van der Waals surface area contributed by atoms with E-state index in [0.29, 0.717) is 24.5 Å². The number of imidazole rings is 1. The van der Waals surface area contributed by atoms with Crippen molar-refractivity contribution in [1.29, 1.82) is 0 Å². The lowest BCUT2D eigenvalue weighted by atomic mass is 10.1. The van der Waals surface area contributed by atoms with Gasteiger partial charge in [0.05, 0.1) is 17.7 Å². The predicted molar refractivity (Wildman–Crippen MR) is 112 cm³/mol. The smallest absolute Gasteiger partial charge is 0.328 e. The van der Waals surface area contributed by atoms with Crippen molar-refractivity contribution in [2.24, 2.45) is 0 Å². The summed E-state index contributed by atoms with van der Waals surface area (Å²) in [4.78, 5) is 35.0. The first-order valence-electron chi connectivity index (χ1n) is 9.47. The Kier molecular flexibility index (Phi) is 5.14. The largest absolute Gasteiger partial charge is 0.348 e. The van der Waals surface area contributed by atoms with Gasteiger partial charge in [-0.3, -0.25) is 9.36 Å². The van der Waals surface area contributed by atoms with Crippen molar-refractivity contribution < 1.29 is 4.39 Å². The number of nitrogens with zero attached hydrogens (tertiary/aromatic N) is 4. The normalized spacial score (nSPS) is 11.0. The van der Waals surface area contributed by atoms with E-state index in [9.17, 15) is 14.0 Å². The molecule has 3 heterocycles. The van der Waals surface area contributed by atoms with Crippen LogP contribution in [0.15, 0.2) is 64.6 Å². The number of rotatable bonds is 5. The first-order valence-corrected chi connectivity index (χ1v) is 9.47. The number of aromatic nitrogens is 5. The van der Waals surface area contributed by atoms with E-state index in [1.807, 2.05) is 17.6 Å². The Hall–Kier alpha value is -3.81. The first kappa shape index (κ1) is 19.5. The Balaban J connectivity index is 1.76. The topological polar surface area (TPSA) is 85.6 Å². The minimum absolute atomic E-state index is 0.207. The van der Waals surface area contributed by atoms with Gasteiger partial charge in [-0.05, 0) is 50.2 Å². The van der Waals surface area contributed by atoms with Gasteiger partial charge in [-0.2, -0.15) is 4.98 Å². The highest BCUT2D eigenvalue weighted by Crippen LogP contribution is 2.30. The molecule has 3 aromatic heterocycles. The quantitative estimate of drug-likeness (QED) is 0.553. The fourth-order valence-corrected chi connectivity index (χ4v) is 3.49. The number of nitrogens with one attached hydrogen (secondary N) is 1. The second-order valence-electron chi connectivity index (χ2n) is 7.06. The monoisotopic (exact) mass is 405 g/mol. The summed E-state index contributed by atoms with van der Waals surface area (Å²) >= 11 is 0. The van der Waals surface area contributed by atoms with E-state index in [0.717, 1.165) is 22.5 Å². The Morgan fingerprint density at radius 2 is 1.73 bits per heavy atom. The molecule has 0 unspecified atom stereocenters. The first-order chi connectivity index (χ1) is 14.4. The summed E-state index contributed by atoms with van der Waals surface area (Å²) in [6.45, 7) is 4.54. The van der Waals surface area contributed by atoms with Gasteiger partial charge in [-0.25, -0.2) is 14.2 Å². The van der Waals surface area contributed by atoms with Crippen LogP contribution in [0.3, 0.4) is 0 Å². The lowest BCUT2D eigenvalue weighted by molar-refractivity contribution is 0.545. The fourth-order valence-electron chi connectivity index (χ4n) is 3.49. The number of benzene rings is 1. The average molecular weight is 405 g/mol. The number of H-pyrrole nitrogens is 1. The van der Waals surface area contributed by atoms with Crippen LogP contribution in [0.25, 0.3) is 22.5 Å². The molecule has 0 saturated carbocycles. The fraction of sp³-hybridized carbons (Fsp3) is 0.182. The Morgan fingerprint density at radius 1 is 1.00 bits per heavy atom. The molecule has 0 aliphatic heterocycles. The third-order valence-corrected chi connectivity index (χ3v) is 4.92. The summed E-state index contributed by atoms with van der Waals surface area (Å²) in [5, 5.41) is 0. The van der Waals surface area contributed by atoms with Crippen LogP contribution in [-0.4, -0.2) is 24.1 Å². The molecule has 0 fully saturated rings. The molecule has 0 spiro atoms. The summed E-state index contributed by atoms with van der Waals surface area (Å²) in [5.74, 6) is -0.328. The number of aryl methyl sites for hydroxylation is 3. The molecule has 4 rings (SSSR count). The van der Waals surface area contributed by atoms with Gasteiger partial charge in [0, 0.05) is 47.9 Å². The zero-order valence-electron chi connectivity index (χ0n) is 16.6. The van der Waals surface area contributed by atoms with Gasteiger partial charge in [-0.15, -0.1) is 0 Å². The number of hydrogen-bond acceptors (Lipinski definition) is 4. The highest BCUT2D eigenvalue weighted by Gasteiger charge is 2.16. The van der Waals surface area contributed by atoms with Crippen molar-refractivity contribution >= 4 is 0 Å². The van der Waals surface area contributed by atoms with Crippen molar-refractivity contribution in [3.05, 3.63) is 93.0 Å². The maximum absolute atomic E-state index is 13.4. The molecule has 0 radical (unpaired) electrons. The Morgan fingerprint density at radius 3 is 2.40 bits per heavy atom. The average Bonchev–Trinajstić information content (AvgIpc) is 3.12. The number of aromatic amines is 1. The second-order valence-corrected chi connectivity index (χ2v) is 7.06. The zero-order chi connectivity index (χ0) is 21.3. The Bertz CT molecular complexity index is 1300. The molecule has 0 saturated heterocycles. The van der Waals surface area contributed by atoms with Gasteiger partial charge in [-0.1, -0.05) is 0 Å². The minimum atomic E-state index is -0.328. The molecule has 30 heavy (non-hydrogen) atoms. The van der Waals surface area contributed by atoms with Crippen LogP contribution in [0.4, 0.5) is 4.39 Å². The number of pyridine rings is 1. The maximum atomic E-state index is 13.4. The third-order valence-electron chi connectivity index (χ3n) is 4.92. The zero-order valence-corrected chi connectivity index (χ0v) is 16.6. The predicted octanol–water partition coefficient (Wildman–Crippen LogP) is 2.92. The highest BCUT2D eigenvalue weighted by atomic mass is 19.1. The summed E-state index contributed by atoms with van der Waals surface area (Å²) < 4.78 is 16.9. The number of halogens is 1. The highest BCUT2D eigenvalue weighted by molar-refractivity contribution is 5.78. The molecule has 0 bridgehead atoms. The molecule has 0 amide bonds. The lowest BCUT2D eigenvalue weighted by Crippen LogP contribution is -2.27. The summed E-state index contributed by atoms with van der Waals surface area (Å²) in [6.07, 6.45) is 3.30. The summed E-state index contributed by atoms with van der Waals surface area (Å²) in [7, 11) is 0. The number of hydrogen-bond donors (Lipinski definition) is 1. The molecule has 7 nitrogen and oxygen atoms in total. The molecule has 0 aliphatic carbocycles.